The van der Waals surface area contributed by atoms with Gasteiger partial charge in [-0.3, -0.25) is 0 Å². The summed E-state index contributed by atoms with van der Waals surface area (Å²) < 4.78 is 18.2. The molecule has 2 amide bonds. The quantitative estimate of drug-likeness (QED) is 0.712. The molecule has 0 bridgehead atoms. The number of imidazole rings is 1. The van der Waals surface area contributed by atoms with E-state index < -0.39 is 29.9 Å². The molecule has 2 atom stereocenters. The van der Waals surface area contributed by atoms with Crippen molar-refractivity contribution in [2.45, 2.75) is 44.9 Å². The number of carbonyl (C=O) groups is 2. The van der Waals surface area contributed by atoms with E-state index >= 15 is 0 Å². The molecule has 150 valence electrons. The number of nitrogens with zero attached hydrogens (tertiary/aromatic N) is 4. The summed E-state index contributed by atoms with van der Waals surface area (Å²) in [6, 6.07) is -0.693. The standard InChI is InChI=1S/C17H26N4O5S/c1-17(2,3)26-15(23)21-11(10-24-14(21)22)12(25-16(27)19(4)5)9-13-18-7-8-20(13)6/h7-8,11-12H,9-10H2,1-6H3/t11-,12+/m0/s1. The average molecular weight is 398 g/mol. The average Bonchev–Trinajstić information content (AvgIpc) is 3.10. The molecule has 10 heteroatoms. The molecule has 1 aromatic heterocycles. The largest absolute Gasteiger partial charge is 0.465 e. The molecule has 1 fully saturated rings. The molecular weight excluding hydrogens is 372 g/mol. The lowest BCUT2D eigenvalue weighted by Gasteiger charge is -2.31. The highest BCUT2D eigenvalue weighted by Gasteiger charge is 2.46. The second-order valence-electron chi connectivity index (χ2n) is 7.47. The zero-order valence-electron chi connectivity index (χ0n) is 16.5. The highest BCUT2D eigenvalue weighted by Crippen LogP contribution is 2.24. The van der Waals surface area contributed by atoms with Gasteiger partial charge in [-0.25, -0.2) is 19.5 Å². The van der Waals surface area contributed by atoms with Gasteiger partial charge in [-0.15, -0.1) is 0 Å². The third kappa shape index (κ3) is 5.31. The number of carbonyl (C=O) groups excluding carboxylic acids is 2. The highest BCUT2D eigenvalue weighted by molar-refractivity contribution is 7.80. The number of thiocarbonyl (C=S) groups is 1. The Morgan fingerprint density at radius 2 is 2.15 bits per heavy atom. The zero-order chi connectivity index (χ0) is 20.4. The van der Waals surface area contributed by atoms with E-state index in [1.807, 2.05) is 11.6 Å². The number of aromatic nitrogens is 2. The minimum Gasteiger partial charge on any atom is -0.465 e. The van der Waals surface area contributed by atoms with Gasteiger partial charge in [0.1, 0.15) is 30.2 Å². The molecule has 1 aliphatic rings. The van der Waals surface area contributed by atoms with Crippen molar-refractivity contribution in [2.75, 3.05) is 20.7 Å². The van der Waals surface area contributed by atoms with Gasteiger partial charge in [0.05, 0.1) is 0 Å². The molecule has 2 rings (SSSR count). The molecule has 1 aliphatic heterocycles. The van der Waals surface area contributed by atoms with Crippen molar-refractivity contribution < 1.29 is 23.8 Å². The molecule has 27 heavy (non-hydrogen) atoms. The van der Waals surface area contributed by atoms with Crippen LogP contribution in [-0.2, 0) is 27.7 Å². The molecule has 0 spiro atoms. The highest BCUT2D eigenvalue weighted by atomic mass is 32.1. The minimum atomic E-state index is -0.779. The first-order valence-electron chi connectivity index (χ1n) is 8.52. The molecule has 0 aliphatic carbocycles. The van der Waals surface area contributed by atoms with Gasteiger partial charge in [0.25, 0.3) is 5.17 Å². The molecular formula is C17H26N4O5S. The second kappa shape index (κ2) is 8.12. The number of amides is 2. The summed E-state index contributed by atoms with van der Waals surface area (Å²) in [7, 11) is 5.36. The molecule has 1 aromatic rings. The summed E-state index contributed by atoms with van der Waals surface area (Å²) >= 11 is 5.26. The summed E-state index contributed by atoms with van der Waals surface area (Å²) in [5.74, 6) is 0.727. The first-order valence-corrected chi connectivity index (χ1v) is 8.93. The van der Waals surface area contributed by atoms with Crippen LogP contribution < -0.4 is 0 Å². The number of hydrogen-bond donors (Lipinski definition) is 0. The van der Waals surface area contributed by atoms with Crippen molar-refractivity contribution in [3.63, 3.8) is 0 Å². The van der Waals surface area contributed by atoms with Crippen LogP contribution in [0.3, 0.4) is 0 Å². The predicted molar refractivity (Wildman–Crippen MR) is 101 cm³/mol. The smallest absolute Gasteiger partial charge is 0.420 e. The van der Waals surface area contributed by atoms with Gasteiger partial charge in [0.2, 0.25) is 0 Å². The zero-order valence-corrected chi connectivity index (χ0v) is 17.3. The van der Waals surface area contributed by atoms with Crippen LogP contribution in [0.15, 0.2) is 12.4 Å². The third-order valence-corrected chi connectivity index (χ3v) is 4.31. The summed E-state index contributed by atoms with van der Waals surface area (Å²) in [5, 5.41) is 0.234. The van der Waals surface area contributed by atoms with Crippen molar-refractivity contribution in [2.24, 2.45) is 7.05 Å². The van der Waals surface area contributed by atoms with Crippen molar-refractivity contribution in [3.05, 3.63) is 18.2 Å². The van der Waals surface area contributed by atoms with Gasteiger partial charge in [0, 0.05) is 40.0 Å². The first-order chi connectivity index (χ1) is 12.5. The minimum absolute atomic E-state index is 0.0107. The number of ether oxygens (including phenoxy) is 3. The Balaban J connectivity index is 2.28. The van der Waals surface area contributed by atoms with Gasteiger partial charge < -0.3 is 23.7 Å². The summed E-state index contributed by atoms with van der Waals surface area (Å²) in [6.07, 6.45) is 1.62. The van der Waals surface area contributed by atoms with E-state index in [0.717, 1.165) is 10.7 Å². The topological polar surface area (TPSA) is 86.1 Å². The number of cyclic esters (lactones) is 1. The monoisotopic (exact) mass is 398 g/mol. The molecule has 0 unspecified atom stereocenters. The lowest BCUT2D eigenvalue weighted by Crippen LogP contribution is -2.50. The summed E-state index contributed by atoms with van der Waals surface area (Å²) in [6.45, 7) is 5.17. The molecule has 2 heterocycles. The van der Waals surface area contributed by atoms with Crippen molar-refractivity contribution >= 4 is 29.6 Å². The van der Waals surface area contributed by atoms with E-state index in [9.17, 15) is 9.59 Å². The van der Waals surface area contributed by atoms with E-state index in [0.29, 0.717) is 6.42 Å². The van der Waals surface area contributed by atoms with Crippen molar-refractivity contribution in [3.8, 4) is 0 Å². The Bertz CT molecular complexity index is 712. The van der Waals surface area contributed by atoms with Crippen LogP contribution in [0.5, 0.6) is 0 Å². The van der Waals surface area contributed by atoms with Crippen LogP contribution in [0, 0.1) is 0 Å². The second-order valence-corrected chi connectivity index (χ2v) is 7.82. The van der Waals surface area contributed by atoms with Crippen molar-refractivity contribution in [1.29, 1.82) is 0 Å². The fraction of sp³-hybridized carbons (Fsp3) is 0.647. The van der Waals surface area contributed by atoms with E-state index in [1.54, 1.807) is 52.2 Å². The van der Waals surface area contributed by atoms with E-state index in [-0.39, 0.29) is 11.8 Å². The van der Waals surface area contributed by atoms with Gasteiger partial charge >= 0.3 is 12.2 Å². The van der Waals surface area contributed by atoms with Crippen LogP contribution >= 0.6 is 12.2 Å². The maximum atomic E-state index is 12.6. The first kappa shape index (κ1) is 20.9. The van der Waals surface area contributed by atoms with Gasteiger partial charge in [-0.1, -0.05) is 0 Å². The Labute approximate surface area is 164 Å². The Hall–Kier alpha value is -2.36. The fourth-order valence-electron chi connectivity index (χ4n) is 2.50. The van der Waals surface area contributed by atoms with Crippen LogP contribution in [0.1, 0.15) is 26.6 Å². The lowest BCUT2D eigenvalue weighted by molar-refractivity contribution is 0.0160. The number of rotatable bonds is 4. The van der Waals surface area contributed by atoms with Crippen LogP contribution in [0.4, 0.5) is 9.59 Å². The van der Waals surface area contributed by atoms with Crippen LogP contribution in [0.25, 0.3) is 0 Å². The SMILES string of the molecule is CN(C)C(=S)O[C@H](Cc1nccn1C)[C@@H]1COC(=O)N1C(=O)OC(C)(C)C. The maximum Gasteiger partial charge on any atom is 0.420 e. The van der Waals surface area contributed by atoms with Gasteiger partial charge in [0.15, 0.2) is 0 Å². The fourth-order valence-corrected chi connectivity index (χ4v) is 2.62. The number of hydrogen-bond acceptors (Lipinski definition) is 7. The molecule has 0 radical (unpaired) electrons. The van der Waals surface area contributed by atoms with Gasteiger partial charge in [-0.05, 0) is 33.0 Å². The molecule has 0 saturated carbocycles. The summed E-state index contributed by atoms with van der Waals surface area (Å²) in [5.41, 5.74) is -0.751. The molecule has 0 aromatic carbocycles. The van der Waals surface area contributed by atoms with Gasteiger partial charge in [-0.2, -0.15) is 0 Å². The predicted octanol–water partition coefficient (Wildman–Crippen LogP) is 1.95. The Morgan fingerprint density at radius 3 is 2.67 bits per heavy atom. The lowest BCUT2D eigenvalue weighted by atomic mass is 10.1. The van der Waals surface area contributed by atoms with E-state index in [1.165, 1.54) is 0 Å². The number of aryl methyl sites for hydroxylation is 1. The van der Waals surface area contributed by atoms with Crippen molar-refractivity contribution in [1.82, 2.24) is 19.4 Å². The number of imide groups is 1. The molecule has 1 saturated heterocycles. The van der Waals surface area contributed by atoms with Crippen LogP contribution in [-0.4, -0.2) is 75.2 Å². The van der Waals surface area contributed by atoms with E-state index in [2.05, 4.69) is 4.98 Å². The van der Waals surface area contributed by atoms with Crippen LogP contribution in [0.2, 0.25) is 0 Å². The normalized spacial score (nSPS) is 18.1. The molecule has 0 N–H and O–H groups in total. The Kier molecular flexibility index (Phi) is 6.30. The molecule has 9 nitrogen and oxygen atoms in total. The Morgan fingerprint density at radius 1 is 1.48 bits per heavy atom. The maximum absolute atomic E-state index is 12.6. The summed E-state index contributed by atoms with van der Waals surface area (Å²) in [4.78, 5) is 31.6. The van der Waals surface area contributed by atoms with E-state index in [4.69, 9.17) is 26.4 Å². The third-order valence-electron chi connectivity index (χ3n) is 3.85.